The summed E-state index contributed by atoms with van der Waals surface area (Å²) in [5.74, 6) is -0.504. The van der Waals surface area contributed by atoms with E-state index in [9.17, 15) is 9.18 Å². The molecule has 8 heteroatoms. The number of nitrogens with zero attached hydrogens (tertiary/aromatic N) is 3. The molecule has 1 unspecified atom stereocenters. The van der Waals surface area contributed by atoms with Gasteiger partial charge in [-0.15, -0.1) is 0 Å². The number of aromatic nitrogens is 2. The molecule has 2 heterocycles. The Morgan fingerprint density at radius 1 is 1.28 bits per heavy atom. The van der Waals surface area contributed by atoms with Crippen LogP contribution in [0.5, 0.6) is 0 Å². The van der Waals surface area contributed by atoms with Crippen LogP contribution in [0, 0.1) is 12.7 Å². The summed E-state index contributed by atoms with van der Waals surface area (Å²) in [6.07, 6.45) is 1.03. The minimum absolute atomic E-state index is 0.122. The number of carbonyl (C=O) groups is 1. The highest BCUT2D eigenvalue weighted by atomic mass is 35.5. The van der Waals surface area contributed by atoms with Gasteiger partial charge in [0, 0.05) is 18.7 Å². The largest absolute Gasteiger partial charge is 0.382 e. The number of amides is 1. The number of nitrogens with one attached hydrogen (secondary N) is 1. The van der Waals surface area contributed by atoms with E-state index in [0.29, 0.717) is 18.1 Å². The molecular formula is C21H18ClFN4O2. The van der Waals surface area contributed by atoms with Gasteiger partial charge in [0.15, 0.2) is 5.82 Å². The molecular weight excluding hydrogens is 395 g/mol. The number of anilines is 1. The highest BCUT2D eigenvalue weighted by molar-refractivity contribution is 6.34. The first-order valence-electron chi connectivity index (χ1n) is 9.06. The lowest BCUT2D eigenvalue weighted by Gasteiger charge is -2.08. The SMILES string of the molecule is Cc1ccc(Cn2ccc(NC(=O)C3CC(c4c(F)cccc4Cl)=NO3)n2)cc1. The first-order valence-corrected chi connectivity index (χ1v) is 9.44. The highest BCUT2D eigenvalue weighted by Crippen LogP contribution is 2.26. The molecule has 1 aliphatic rings. The lowest BCUT2D eigenvalue weighted by atomic mass is 10.0. The Kier molecular flexibility index (Phi) is 5.31. The van der Waals surface area contributed by atoms with E-state index in [4.69, 9.17) is 16.4 Å². The molecule has 148 valence electrons. The first-order chi connectivity index (χ1) is 14.0. The lowest BCUT2D eigenvalue weighted by Crippen LogP contribution is -2.28. The topological polar surface area (TPSA) is 68.5 Å². The van der Waals surface area contributed by atoms with Crippen molar-refractivity contribution >= 4 is 29.0 Å². The number of halogens is 2. The Hall–Kier alpha value is -3.19. The second-order valence-corrected chi connectivity index (χ2v) is 7.21. The number of oxime groups is 1. The van der Waals surface area contributed by atoms with Gasteiger partial charge < -0.3 is 10.2 Å². The van der Waals surface area contributed by atoms with Gasteiger partial charge in [-0.25, -0.2) is 4.39 Å². The summed E-state index contributed by atoms with van der Waals surface area (Å²) in [5, 5.41) is 11.1. The van der Waals surface area contributed by atoms with E-state index in [-0.39, 0.29) is 17.0 Å². The van der Waals surface area contributed by atoms with Crippen molar-refractivity contribution in [3.63, 3.8) is 0 Å². The summed E-state index contributed by atoms with van der Waals surface area (Å²) < 4.78 is 15.8. The van der Waals surface area contributed by atoms with Gasteiger partial charge in [-0.1, -0.05) is 52.7 Å². The molecule has 3 aromatic rings. The number of hydrogen-bond acceptors (Lipinski definition) is 4. The Morgan fingerprint density at radius 3 is 2.83 bits per heavy atom. The zero-order valence-corrected chi connectivity index (χ0v) is 16.4. The molecule has 1 aliphatic heterocycles. The van der Waals surface area contributed by atoms with Crippen molar-refractivity contribution in [3.05, 3.63) is 82.3 Å². The summed E-state index contributed by atoms with van der Waals surface area (Å²) in [4.78, 5) is 17.7. The van der Waals surface area contributed by atoms with Crippen LogP contribution in [0.15, 0.2) is 59.9 Å². The average molecular weight is 413 g/mol. The standard InChI is InChI=1S/C21H18ClFN4O2/c1-13-5-7-14(8-6-13)12-27-10-9-19(25-27)24-21(28)18-11-17(26-29-18)20-15(22)3-2-4-16(20)23/h2-10,18H,11-12H2,1H3,(H,24,25,28). The molecule has 1 atom stereocenters. The minimum Gasteiger partial charge on any atom is -0.382 e. The van der Waals surface area contributed by atoms with Crippen molar-refractivity contribution in [2.24, 2.45) is 5.16 Å². The molecule has 0 aliphatic carbocycles. The van der Waals surface area contributed by atoms with E-state index in [2.05, 4.69) is 15.6 Å². The predicted molar refractivity (Wildman–Crippen MR) is 109 cm³/mol. The van der Waals surface area contributed by atoms with Gasteiger partial charge in [0.1, 0.15) is 5.82 Å². The molecule has 29 heavy (non-hydrogen) atoms. The highest BCUT2D eigenvalue weighted by Gasteiger charge is 2.31. The molecule has 1 aromatic heterocycles. The van der Waals surface area contributed by atoms with Gasteiger partial charge in [0.05, 0.1) is 22.8 Å². The fraction of sp³-hybridized carbons (Fsp3) is 0.190. The van der Waals surface area contributed by atoms with Crippen LogP contribution >= 0.6 is 11.6 Å². The third-order valence-corrected chi connectivity index (χ3v) is 4.88. The number of benzene rings is 2. The smallest absolute Gasteiger partial charge is 0.269 e. The fourth-order valence-corrected chi connectivity index (χ4v) is 3.31. The third-order valence-electron chi connectivity index (χ3n) is 4.57. The third kappa shape index (κ3) is 4.30. The summed E-state index contributed by atoms with van der Waals surface area (Å²) in [7, 11) is 0. The Labute approximate surface area is 171 Å². The van der Waals surface area contributed by atoms with E-state index in [1.54, 1.807) is 23.0 Å². The summed E-state index contributed by atoms with van der Waals surface area (Å²) in [5.41, 5.74) is 2.76. The van der Waals surface area contributed by atoms with Crippen molar-refractivity contribution in [2.45, 2.75) is 26.0 Å². The van der Waals surface area contributed by atoms with Crippen molar-refractivity contribution in [2.75, 3.05) is 5.32 Å². The van der Waals surface area contributed by atoms with E-state index >= 15 is 0 Å². The van der Waals surface area contributed by atoms with Gasteiger partial charge in [-0.3, -0.25) is 9.48 Å². The summed E-state index contributed by atoms with van der Waals surface area (Å²) in [6, 6.07) is 14.2. The van der Waals surface area contributed by atoms with E-state index in [1.807, 2.05) is 31.2 Å². The van der Waals surface area contributed by atoms with Crippen molar-refractivity contribution in [1.82, 2.24) is 9.78 Å². The zero-order valence-electron chi connectivity index (χ0n) is 15.6. The number of hydrogen-bond donors (Lipinski definition) is 1. The normalized spacial score (nSPS) is 15.7. The molecule has 0 saturated heterocycles. The molecule has 0 saturated carbocycles. The van der Waals surface area contributed by atoms with E-state index in [0.717, 1.165) is 5.56 Å². The maximum absolute atomic E-state index is 14.0. The molecule has 0 bridgehead atoms. The Balaban J connectivity index is 1.37. The van der Waals surface area contributed by atoms with Crippen molar-refractivity contribution in [3.8, 4) is 0 Å². The quantitative estimate of drug-likeness (QED) is 0.684. The maximum atomic E-state index is 14.0. The minimum atomic E-state index is -0.872. The van der Waals surface area contributed by atoms with Crippen LogP contribution in [0.3, 0.4) is 0 Å². The first kappa shape index (κ1) is 19.1. The van der Waals surface area contributed by atoms with Crippen LogP contribution < -0.4 is 5.32 Å². The molecule has 1 amide bonds. The van der Waals surface area contributed by atoms with Crippen LogP contribution in [0.1, 0.15) is 23.1 Å². The molecule has 6 nitrogen and oxygen atoms in total. The number of aryl methyl sites for hydroxylation is 1. The van der Waals surface area contributed by atoms with Gasteiger partial charge in [0.25, 0.3) is 5.91 Å². The van der Waals surface area contributed by atoms with Gasteiger partial charge >= 0.3 is 0 Å². The van der Waals surface area contributed by atoms with Crippen LogP contribution in [0.25, 0.3) is 0 Å². The van der Waals surface area contributed by atoms with Gasteiger partial charge in [-0.2, -0.15) is 5.10 Å². The summed E-state index contributed by atoms with van der Waals surface area (Å²) >= 11 is 6.05. The number of carbonyl (C=O) groups excluding carboxylic acids is 1. The number of rotatable bonds is 5. The van der Waals surface area contributed by atoms with Crippen LogP contribution in [0.4, 0.5) is 10.2 Å². The second kappa shape index (κ2) is 8.05. The second-order valence-electron chi connectivity index (χ2n) is 6.81. The van der Waals surface area contributed by atoms with Crippen LogP contribution in [-0.4, -0.2) is 27.5 Å². The zero-order chi connectivity index (χ0) is 20.4. The van der Waals surface area contributed by atoms with Gasteiger partial charge in [0.2, 0.25) is 6.10 Å². The molecule has 0 spiro atoms. The van der Waals surface area contributed by atoms with E-state index in [1.165, 1.54) is 17.7 Å². The Bertz CT molecular complexity index is 1060. The monoisotopic (exact) mass is 412 g/mol. The molecule has 0 fully saturated rings. The fourth-order valence-electron chi connectivity index (χ4n) is 3.04. The maximum Gasteiger partial charge on any atom is 0.269 e. The van der Waals surface area contributed by atoms with Crippen LogP contribution in [-0.2, 0) is 16.2 Å². The average Bonchev–Trinajstić information content (AvgIpc) is 3.33. The van der Waals surface area contributed by atoms with Crippen molar-refractivity contribution < 1.29 is 14.0 Å². The van der Waals surface area contributed by atoms with Crippen LogP contribution in [0.2, 0.25) is 5.02 Å². The molecule has 0 radical (unpaired) electrons. The molecule has 1 N–H and O–H groups in total. The molecule has 2 aromatic carbocycles. The van der Waals surface area contributed by atoms with E-state index < -0.39 is 17.8 Å². The predicted octanol–water partition coefficient (Wildman–Crippen LogP) is 4.16. The summed E-state index contributed by atoms with van der Waals surface area (Å²) in [6.45, 7) is 2.63. The van der Waals surface area contributed by atoms with Crippen molar-refractivity contribution in [1.29, 1.82) is 0 Å². The lowest BCUT2D eigenvalue weighted by molar-refractivity contribution is -0.125. The molecule has 4 rings (SSSR count). The van der Waals surface area contributed by atoms with Gasteiger partial charge in [-0.05, 0) is 24.6 Å². The Morgan fingerprint density at radius 2 is 2.07 bits per heavy atom.